The Kier molecular flexibility index (Phi) is 5.22. The van der Waals surface area contributed by atoms with Crippen molar-refractivity contribution in [2.24, 2.45) is 0 Å². The molecule has 7 nitrogen and oxygen atoms in total. The summed E-state index contributed by atoms with van der Waals surface area (Å²) < 4.78 is 0. The number of nitrogens with one attached hydrogen (secondary N) is 2. The van der Waals surface area contributed by atoms with Crippen molar-refractivity contribution in [2.75, 3.05) is 10.6 Å². The van der Waals surface area contributed by atoms with Crippen molar-refractivity contribution in [3.8, 4) is 0 Å². The van der Waals surface area contributed by atoms with Crippen LogP contribution in [0.4, 0.5) is 11.5 Å². The Morgan fingerprint density at radius 3 is 2.04 bits per heavy atom. The first-order valence-electron chi connectivity index (χ1n) is 8.01. The van der Waals surface area contributed by atoms with E-state index >= 15 is 0 Å². The van der Waals surface area contributed by atoms with Gasteiger partial charge in [0.05, 0.1) is 11.1 Å². The fourth-order valence-corrected chi connectivity index (χ4v) is 2.40. The van der Waals surface area contributed by atoms with Gasteiger partial charge in [0.2, 0.25) is 0 Å². The molecule has 0 atom stereocenters. The molecule has 2 aromatic carbocycles. The van der Waals surface area contributed by atoms with Gasteiger partial charge < -0.3 is 15.7 Å². The zero-order chi connectivity index (χ0) is 19.2. The molecule has 0 spiro atoms. The number of carboxylic acid groups (broad SMARTS) is 1. The molecule has 0 aliphatic carbocycles. The Bertz CT molecular complexity index is 986. The van der Waals surface area contributed by atoms with Crippen LogP contribution in [0.25, 0.3) is 0 Å². The molecule has 3 rings (SSSR count). The van der Waals surface area contributed by atoms with Crippen LogP contribution in [0, 0.1) is 0 Å². The summed E-state index contributed by atoms with van der Waals surface area (Å²) in [6.45, 7) is 0. The van der Waals surface area contributed by atoms with Gasteiger partial charge in [0.1, 0.15) is 5.82 Å². The third-order valence-electron chi connectivity index (χ3n) is 3.71. The molecule has 1 heterocycles. The molecule has 0 saturated heterocycles. The van der Waals surface area contributed by atoms with E-state index in [0.717, 1.165) is 0 Å². The highest BCUT2D eigenvalue weighted by Crippen LogP contribution is 2.15. The van der Waals surface area contributed by atoms with E-state index in [0.29, 0.717) is 17.1 Å². The lowest BCUT2D eigenvalue weighted by molar-refractivity contribution is 0.0692. The molecule has 3 N–H and O–H groups in total. The number of carbonyl (C=O) groups excluding carboxylic acids is 2. The van der Waals surface area contributed by atoms with Crippen molar-refractivity contribution < 1.29 is 19.5 Å². The van der Waals surface area contributed by atoms with E-state index in [4.69, 9.17) is 5.11 Å². The minimum Gasteiger partial charge on any atom is -0.478 e. The lowest BCUT2D eigenvalue weighted by Crippen LogP contribution is -2.16. The second kappa shape index (κ2) is 7.92. The molecule has 0 bridgehead atoms. The largest absolute Gasteiger partial charge is 0.478 e. The first kappa shape index (κ1) is 17.8. The molecule has 27 heavy (non-hydrogen) atoms. The number of pyridine rings is 1. The third kappa shape index (κ3) is 4.35. The molecule has 134 valence electrons. The van der Waals surface area contributed by atoms with Crippen molar-refractivity contribution in [2.45, 2.75) is 0 Å². The molecule has 0 aliphatic rings. The number of hydrogen-bond donors (Lipinski definition) is 3. The Labute approximate surface area is 154 Å². The van der Waals surface area contributed by atoms with E-state index in [9.17, 15) is 14.4 Å². The minimum atomic E-state index is -1.18. The van der Waals surface area contributed by atoms with Crippen LogP contribution in [0.5, 0.6) is 0 Å². The van der Waals surface area contributed by atoms with E-state index in [-0.39, 0.29) is 17.0 Å². The first-order chi connectivity index (χ1) is 13.0. The molecular weight excluding hydrogens is 346 g/mol. The molecule has 7 heteroatoms. The standard InChI is InChI=1S/C20H15N3O4/c24-18(23-17-7-3-4-12-21-17)13-8-10-14(11-9-13)22-19(25)15-5-1-2-6-16(15)20(26)27/h1-12H,(H,22,25)(H,26,27)(H,21,23,24). The van der Waals surface area contributed by atoms with Crippen LogP contribution in [0.1, 0.15) is 31.1 Å². The van der Waals surface area contributed by atoms with Gasteiger partial charge in [0.25, 0.3) is 11.8 Å². The van der Waals surface area contributed by atoms with E-state index in [2.05, 4.69) is 15.6 Å². The van der Waals surface area contributed by atoms with Crippen molar-refractivity contribution in [1.29, 1.82) is 0 Å². The summed E-state index contributed by atoms with van der Waals surface area (Å²) >= 11 is 0. The van der Waals surface area contributed by atoms with Crippen molar-refractivity contribution in [3.05, 3.63) is 89.6 Å². The van der Waals surface area contributed by atoms with Gasteiger partial charge in [0, 0.05) is 17.4 Å². The maximum absolute atomic E-state index is 12.3. The maximum atomic E-state index is 12.3. The fraction of sp³-hybridized carbons (Fsp3) is 0. The zero-order valence-electron chi connectivity index (χ0n) is 14.0. The number of aromatic carboxylic acids is 1. The highest BCUT2D eigenvalue weighted by Gasteiger charge is 2.16. The monoisotopic (exact) mass is 361 g/mol. The summed E-state index contributed by atoms with van der Waals surface area (Å²) in [5, 5.41) is 14.5. The summed E-state index contributed by atoms with van der Waals surface area (Å²) in [5.74, 6) is -1.62. The Morgan fingerprint density at radius 2 is 1.41 bits per heavy atom. The number of rotatable bonds is 5. The van der Waals surface area contributed by atoms with Crippen LogP contribution in [0.15, 0.2) is 72.9 Å². The molecule has 0 unspecified atom stereocenters. The quantitative estimate of drug-likeness (QED) is 0.646. The van der Waals surface area contributed by atoms with Crippen LogP contribution in [0.3, 0.4) is 0 Å². The molecule has 2 amide bonds. The predicted octanol–water partition coefficient (Wildman–Crippen LogP) is 3.28. The molecule has 0 fully saturated rings. The Balaban J connectivity index is 1.70. The molecule has 1 aromatic heterocycles. The summed E-state index contributed by atoms with van der Waals surface area (Å²) in [5.41, 5.74) is 0.808. The number of benzene rings is 2. The number of hydrogen-bond acceptors (Lipinski definition) is 4. The predicted molar refractivity (Wildman–Crippen MR) is 100.0 cm³/mol. The van der Waals surface area contributed by atoms with Gasteiger partial charge >= 0.3 is 5.97 Å². The first-order valence-corrected chi connectivity index (χ1v) is 8.01. The summed E-state index contributed by atoms with van der Waals surface area (Å²) in [6.07, 6.45) is 1.57. The molecular formula is C20H15N3O4. The van der Waals surface area contributed by atoms with Crippen LogP contribution in [-0.4, -0.2) is 27.9 Å². The van der Waals surface area contributed by atoms with Gasteiger partial charge in [-0.15, -0.1) is 0 Å². The van der Waals surface area contributed by atoms with Crippen molar-refractivity contribution in [1.82, 2.24) is 4.98 Å². The Morgan fingerprint density at radius 1 is 0.741 bits per heavy atom. The van der Waals surface area contributed by atoms with Gasteiger partial charge in [-0.1, -0.05) is 18.2 Å². The average Bonchev–Trinajstić information content (AvgIpc) is 2.69. The lowest BCUT2D eigenvalue weighted by atomic mass is 10.1. The molecule has 0 aliphatic heterocycles. The number of nitrogens with zero attached hydrogens (tertiary/aromatic N) is 1. The van der Waals surface area contributed by atoms with E-state index in [1.807, 2.05) is 0 Å². The normalized spacial score (nSPS) is 10.1. The lowest BCUT2D eigenvalue weighted by Gasteiger charge is -2.09. The zero-order valence-corrected chi connectivity index (χ0v) is 14.0. The van der Waals surface area contributed by atoms with Crippen LogP contribution >= 0.6 is 0 Å². The molecule has 0 saturated carbocycles. The van der Waals surface area contributed by atoms with Crippen molar-refractivity contribution >= 4 is 29.3 Å². The summed E-state index contributed by atoms with van der Waals surface area (Å²) in [4.78, 5) is 39.8. The van der Waals surface area contributed by atoms with Crippen LogP contribution < -0.4 is 10.6 Å². The highest BCUT2D eigenvalue weighted by atomic mass is 16.4. The number of carbonyl (C=O) groups is 3. The van der Waals surface area contributed by atoms with E-state index in [1.54, 1.807) is 60.8 Å². The van der Waals surface area contributed by atoms with Gasteiger partial charge in [-0.05, 0) is 48.5 Å². The average molecular weight is 361 g/mol. The van der Waals surface area contributed by atoms with Gasteiger partial charge in [-0.25, -0.2) is 9.78 Å². The number of anilines is 2. The summed E-state index contributed by atoms with van der Waals surface area (Å²) in [7, 11) is 0. The topological polar surface area (TPSA) is 108 Å². The van der Waals surface area contributed by atoms with Crippen LogP contribution in [-0.2, 0) is 0 Å². The van der Waals surface area contributed by atoms with Crippen LogP contribution in [0.2, 0.25) is 0 Å². The number of aromatic nitrogens is 1. The van der Waals surface area contributed by atoms with Gasteiger partial charge in [-0.3, -0.25) is 9.59 Å². The second-order valence-electron chi connectivity index (χ2n) is 5.55. The highest BCUT2D eigenvalue weighted by molar-refractivity contribution is 6.11. The fourth-order valence-electron chi connectivity index (χ4n) is 2.40. The smallest absolute Gasteiger partial charge is 0.336 e. The molecule has 3 aromatic rings. The van der Waals surface area contributed by atoms with E-state index in [1.165, 1.54) is 12.1 Å². The van der Waals surface area contributed by atoms with Crippen molar-refractivity contribution in [3.63, 3.8) is 0 Å². The summed E-state index contributed by atoms with van der Waals surface area (Å²) in [6, 6.07) is 17.4. The minimum absolute atomic E-state index is 0.0574. The second-order valence-corrected chi connectivity index (χ2v) is 5.55. The van der Waals surface area contributed by atoms with Gasteiger partial charge in [-0.2, -0.15) is 0 Å². The SMILES string of the molecule is O=C(Nc1ccccn1)c1ccc(NC(=O)c2ccccc2C(=O)O)cc1. The van der Waals surface area contributed by atoms with E-state index < -0.39 is 11.9 Å². The molecule has 0 radical (unpaired) electrons. The Hall–Kier alpha value is -4.00. The van der Waals surface area contributed by atoms with Gasteiger partial charge in [0.15, 0.2) is 0 Å². The third-order valence-corrected chi connectivity index (χ3v) is 3.71. The number of amides is 2. The maximum Gasteiger partial charge on any atom is 0.336 e. The number of carboxylic acids is 1.